The highest BCUT2D eigenvalue weighted by Gasteiger charge is 2.27. The van der Waals surface area contributed by atoms with Crippen molar-refractivity contribution in [2.45, 2.75) is 32.1 Å². The molecule has 1 amide bonds. The van der Waals surface area contributed by atoms with Gasteiger partial charge in [-0.1, -0.05) is 0 Å². The maximum absolute atomic E-state index is 13.1. The normalized spacial score (nSPS) is 16.1. The molecule has 2 aliphatic rings. The number of carbonyl (C=O) groups is 1. The minimum absolute atomic E-state index is 0.149. The molecule has 0 spiro atoms. The van der Waals surface area contributed by atoms with Crippen LogP contribution in [0.15, 0.2) is 48.0 Å². The molecule has 0 radical (unpaired) electrons. The number of amides is 1. The van der Waals surface area contributed by atoms with Gasteiger partial charge in [0.15, 0.2) is 10.8 Å². The van der Waals surface area contributed by atoms with E-state index in [0.717, 1.165) is 52.3 Å². The zero-order valence-corrected chi connectivity index (χ0v) is 20.6. The summed E-state index contributed by atoms with van der Waals surface area (Å²) in [6.07, 6.45) is 4.85. The van der Waals surface area contributed by atoms with Gasteiger partial charge in [-0.15, -0.1) is 16.4 Å². The second-order valence-electron chi connectivity index (χ2n) is 9.10. The molecule has 0 atom stereocenters. The first-order chi connectivity index (χ1) is 17.2. The third kappa shape index (κ3) is 4.60. The molecule has 35 heavy (non-hydrogen) atoms. The zero-order valence-electron chi connectivity index (χ0n) is 19.8. The molecular formula is C26H28N6O2S. The van der Waals surface area contributed by atoms with Crippen molar-refractivity contribution in [1.29, 1.82) is 0 Å². The van der Waals surface area contributed by atoms with Crippen LogP contribution in [0.25, 0.3) is 16.2 Å². The largest absolute Gasteiger partial charge is 0.494 e. The molecule has 4 heterocycles. The summed E-state index contributed by atoms with van der Waals surface area (Å²) < 4.78 is 7.58. The van der Waals surface area contributed by atoms with Crippen LogP contribution in [0, 0.1) is 0 Å². The predicted octanol–water partition coefficient (Wildman–Crippen LogP) is 4.02. The van der Waals surface area contributed by atoms with Crippen LogP contribution < -0.4 is 9.64 Å². The molecule has 1 saturated carbocycles. The molecular weight excluding hydrogens is 460 g/mol. The average molecular weight is 489 g/mol. The van der Waals surface area contributed by atoms with Gasteiger partial charge in [-0.05, 0) is 56.2 Å². The van der Waals surface area contributed by atoms with Crippen LogP contribution in [0.4, 0.5) is 5.82 Å². The summed E-state index contributed by atoms with van der Waals surface area (Å²) >= 11 is 1.57. The van der Waals surface area contributed by atoms with Gasteiger partial charge in [-0.2, -0.15) is 5.10 Å². The summed E-state index contributed by atoms with van der Waals surface area (Å²) in [6.45, 7) is 5.55. The van der Waals surface area contributed by atoms with Crippen molar-refractivity contribution in [2.24, 2.45) is 0 Å². The van der Waals surface area contributed by atoms with Crippen LogP contribution in [0.2, 0.25) is 0 Å². The number of anilines is 1. The molecule has 6 rings (SSSR count). The van der Waals surface area contributed by atoms with Gasteiger partial charge in [0.1, 0.15) is 5.75 Å². The quantitative estimate of drug-likeness (QED) is 0.391. The molecule has 1 aliphatic carbocycles. The second kappa shape index (κ2) is 9.30. The van der Waals surface area contributed by atoms with Crippen LogP contribution in [0.3, 0.4) is 0 Å². The predicted molar refractivity (Wildman–Crippen MR) is 136 cm³/mol. The Labute approximate surface area is 208 Å². The van der Waals surface area contributed by atoms with Gasteiger partial charge >= 0.3 is 0 Å². The van der Waals surface area contributed by atoms with E-state index in [-0.39, 0.29) is 5.91 Å². The molecule has 1 aromatic carbocycles. The lowest BCUT2D eigenvalue weighted by Crippen LogP contribution is -2.49. The van der Waals surface area contributed by atoms with E-state index >= 15 is 0 Å². The molecule has 8 nitrogen and oxygen atoms in total. The van der Waals surface area contributed by atoms with Gasteiger partial charge in [0.05, 0.1) is 24.4 Å². The molecule has 0 N–H and O–H groups in total. The van der Waals surface area contributed by atoms with Crippen LogP contribution in [-0.4, -0.2) is 63.2 Å². The third-order valence-corrected chi connectivity index (χ3v) is 7.59. The van der Waals surface area contributed by atoms with E-state index in [9.17, 15) is 4.79 Å². The number of hydrogen-bond donors (Lipinski definition) is 0. The van der Waals surface area contributed by atoms with Crippen molar-refractivity contribution in [2.75, 3.05) is 37.7 Å². The number of fused-ring (bicyclic) bond motifs is 1. The van der Waals surface area contributed by atoms with E-state index in [1.165, 1.54) is 12.8 Å². The van der Waals surface area contributed by atoms with E-state index in [2.05, 4.69) is 27.2 Å². The first-order valence-corrected chi connectivity index (χ1v) is 13.1. The number of aromatic nitrogens is 4. The fourth-order valence-electron chi connectivity index (χ4n) is 4.54. The number of piperazine rings is 1. The molecule has 2 fully saturated rings. The van der Waals surface area contributed by atoms with Crippen molar-refractivity contribution < 1.29 is 9.53 Å². The number of rotatable bonds is 7. The number of thiazole rings is 1. The first-order valence-electron chi connectivity index (χ1n) is 12.2. The molecule has 9 heteroatoms. The minimum Gasteiger partial charge on any atom is -0.494 e. The molecule has 0 unspecified atom stereocenters. The fourth-order valence-corrected chi connectivity index (χ4v) is 5.41. The lowest BCUT2D eigenvalue weighted by molar-refractivity contribution is -0.130. The summed E-state index contributed by atoms with van der Waals surface area (Å²) in [5.74, 6) is 2.52. The standard InChI is InChI=1S/C26H28N6O2S/c1-2-34-21-7-5-19(6-8-21)23-16-32-20(17-35-26(32)27-23)15-25(33)31-13-11-30(12-14-31)24-10-9-22(28-29-24)18-3-4-18/h5-10,16-18H,2-4,11-15H2,1H3. The smallest absolute Gasteiger partial charge is 0.228 e. The summed E-state index contributed by atoms with van der Waals surface area (Å²) in [4.78, 5) is 22.9. The van der Waals surface area contributed by atoms with E-state index in [0.29, 0.717) is 32.0 Å². The van der Waals surface area contributed by atoms with Crippen molar-refractivity contribution in [3.8, 4) is 17.0 Å². The number of imidazole rings is 1. The van der Waals surface area contributed by atoms with Gasteiger partial charge in [0.25, 0.3) is 0 Å². The van der Waals surface area contributed by atoms with Crippen molar-refractivity contribution in [3.05, 3.63) is 59.4 Å². The van der Waals surface area contributed by atoms with Crippen molar-refractivity contribution in [1.82, 2.24) is 24.5 Å². The number of ether oxygens (including phenoxy) is 1. The van der Waals surface area contributed by atoms with Gasteiger partial charge in [0.2, 0.25) is 5.91 Å². The highest BCUT2D eigenvalue weighted by molar-refractivity contribution is 7.15. The van der Waals surface area contributed by atoms with E-state index < -0.39 is 0 Å². The molecule has 3 aromatic heterocycles. The monoisotopic (exact) mass is 488 g/mol. The third-order valence-electron chi connectivity index (χ3n) is 6.70. The number of benzene rings is 1. The topological polar surface area (TPSA) is 75.9 Å². The summed E-state index contributed by atoms with van der Waals surface area (Å²) in [5, 5.41) is 10.9. The van der Waals surface area contributed by atoms with Crippen LogP contribution in [-0.2, 0) is 11.2 Å². The Bertz CT molecular complexity index is 1320. The summed E-state index contributed by atoms with van der Waals surface area (Å²) in [6, 6.07) is 12.1. The van der Waals surface area contributed by atoms with Gasteiger partial charge < -0.3 is 14.5 Å². The Balaban J connectivity index is 1.08. The van der Waals surface area contributed by atoms with Gasteiger partial charge in [-0.25, -0.2) is 4.98 Å². The number of carbonyl (C=O) groups excluding carboxylic acids is 1. The molecule has 1 aliphatic heterocycles. The summed E-state index contributed by atoms with van der Waals surface area (Å²) in [7, 11) is 0. The average Bonchev–Trinajstić information content (AvgIpc) is 3.56. The molecule has 0 bridgehead atoms. The molecule has 4 aromatic rings. The highest BCUT2D eigenvalue weighted by Crippen LogP contribution is 2.38. The Hall–Kier alpha value is -3.46. The zero-order chi connectivity index (χ0) is 23.8. The van der Waals surface area contributed by atoms with E-state index in [1.54, 1.807) is 11.3 Å². The van der Waals surface area contributed by atoms with Gasteiger partial charge in [-0.3, -0.25) is 9.20 Å². The minimum atomic E-state index is 0.149. The summed E-state index contributed by atoms with van der Waals surface area (Å²) in [5.41, 5.74) is 4.01. The first kappa shape index (κ1) is 22.0. The Morgan fingerprint density at radius 3 is 2.54 bits per heavy atom. The maximum Gasteiger partial charge on any atom is 0.228 e. The van der Waals surface area contributed by atoms with E-state index in [1.807, 2.05) is 52.1 Å². The van der Waals surface area contributed by atoms with Crippen LogP contribution in [0.5, 0.6) is 5.75 Å². The number of hydrogen-bond acceptors (Lipinski definition) is 7. The highest BCUT2D eigenvalue weighted by atomic mass is 32.1. The fraction of sp³-hybridized carbons (Fsp3) is 0.385. The molecule has 180 valence electrons. The van der Waals surface area contributed by atoms with Crippen LogP contribution >= 0.6 is 11.3 Å². The number of nitrogens with zero attached hydrogens (tertiary/aromatic N) is 6. The maximum atomic E-state index is 13.1. The lowest BCUT2D eigenvalue weighted by Gasteiger charge is -2.35. The van der Waals surface area contributed by atoms with Crippen molar-refractivity contribution >= 4 is 28.0 Å². The van der Waals surface area contributed by atoms with Crippen molar-refractivity contribution in [3.63, 3.8) is 0 Å². The molecule has 1 saturated heterocycles. The Morgan fingerprint density at radius 2 is 1.86 bits per heavy atom. The SMILES string of the molecule is CCOc1ccc(-c2cn3c(CC(=O)N4CCN(c5ccc(C6CC6)nn5)CC4)csc3n2)cc1. The van der Waals surface area contributed by atoms with Crippen LogP contribution in [0.1, 0.15) is 37.1 Å². The lowest BCUT2D eigenvalue weighted by atomic mass is 10.1. The Morgan fingerprint density at radius 1 is 1.06 bits per heavy atom. The Kier molecular flexibility index (Phi) is 5.85. The van der Waals surface area contributed by atoms with Gasteiger partial charge in [0, 0.05) is 54.9 Å². The second-order valence-corrected chi connectivity index (χ2v) is 9.93. The van der Waals surface area contributed by atoms with E-state index in [4.69, 9.17) is 9.72 Å².